The molecule has 4 heteroatoms. The van der Waals surface area contributed by atoms with E-state index in [0.29, 0.717) is 0 Å². The predicted molar refractivity (Wildman–Crippen MR) is 118 cm³/mol. The van der Waals surface area contributed by atoms with Crippen LogP contribution < -0.4 is 24.8 Å². The van der Waals surface area contributed by atoms with Crippen LogP contribution in [0.2, 0.25) is 0 Å². The molecule has 0 N–H and O–H groups in total. The first-order chi connectivity index (χ1) is 13.1. The number of hydrogen-bond donors (Lipinski definition) is 0. The molecule has 4 aromatic rings. The molecule has 29 heavy (non-hydrogen) atoms. The van der Waals surface area contributed by atoms with Crippen molar-refractivity contribution >= 4 is 41.7 Å². The predicted octanol–water partition coefficient (Wildman–Crippen LogP) is 1.36. The van der Waals surface area contributed by atoms with Gasteiger partial charge in [-0.2, -0.15) is 29.1 Å². The van der Waals surface area contributed by atoms with Crippen LogP contribution in [0.3, 0.4) is 0 Å². The SMILES string of the molecule is C[C](C)=[Zr+2].[C-]1=C(c2ccsc2)C=CC1.[Cl-].[Cl-].c1ccc2c(c1)[cH-]c1ccccc12. The Kier molecular flexibility index (Phi) is 11.8. The Morgan fingerprint density at radius 3 is 1.93 bits per heavy atom. The number of fused-ring (bicyclic) bond motifs is 3. The molecule has 0 nitrogen and oxygen atoms in total. The molecule has 1 aliphatic carbocycles. The van der Waals surface area contributed by atoms with Gasteiger partial charge >= 0.3 is 41.3 Å². The molecule has 0 amide bonds. The minimum absolute atomic E-state index is 0. The third-order valence-corrected chi connectivity index (χ3v) is 4.73. The van der Waals surface area contributed by atoms with E-state index in [4.69, 9.17) is 0 Å². The summed E-state index contributed by atoms with van der Waals surface area (Å²) >= 11 is 3.29. The van der Waals surface area contributed by atoms with E-state index in [2.05, 4.69) is 103 Å². The van der Waals surface area contributed by atoms with Crippen molar-refractivity contribution in [3.8, 4) is 0 Å². The van der Waals surface area contributed by atoms with Gasteiger partial charge in [-0.05, 0) is 5.38 Å². The van der Waals surface area contributed by atoms with Gasteiger partial charge in [0.1, 0.15) is 0 Å². The molecule has 0 unspecified atom stereocenters. The average Bonchev–Trinajstić information content (AvgIpc) is 3.41. The maximum absolute atomic E-state index is 3.27. The van der Waals surface area contributed by atoms with Gasteiger partial charge in [-0.3, -0.25) is 0 Å². The second-order valence-electron chi connectivity index (χ2n) is 6.53. The Labute approximate surface area is 204 Å². The van der Waals surface area contributed by atoms with E-state index in [0.717, 1.165) is 6.42 Å². The van der Waals surface area contributed by atoms with Gasteiger partial charge in [0, 0.05) is 0 Å². The van der Waals surface area contributed by atoms with E-state index in [9.17, 15) is 0 Å². The number of allylic oxidation sites excluding steroid dienone is 4. The third-order valence-electron chi connectivity index (χ3n) is 4.05. The van der Waals surface area contributed by atoms with Crippen LogP contribution in [0.4, 0.5) is 0 Å². The summed E-state index contributed by atoms with van der Waals surface area (Å²) in [6.45, 7) is 4.25. The van der Waals surface area contributed by atoms with Crippen LogP contribution in [-0.4, -0.2) is 3.21 Å². The van der Waals surface area contributed by atoms with Crippen molar-refractivity contribution < 1.29 is 49.0 Å². The molecule has 0 aliphatic heterocycles. The molecule has 1 aromatic heterocycles. The molecule has 0 fully saturated rings. The standard InChI is InChI=1S/C13H9.C9H7S.C3H6.2ClH.Zr/c1-3-7-12-10(5-1)9-11-6-2-4-8-13(11)12;1-2-4-8(3-1)9-5-6-10-7-9;1-3-2;;;/h1-9H;1,3,5-7H,2H2;1-2H3;2*1H;/q2*-1;;;;+2/p-2. The Morgan fingerprint density at radius 2 is 1.48 bits per heavy atom. The van der Waals surface area contributed by atoms with E-state index in [1.807, 2.05) is 0 Å². The van der Waals surface area contributed by atoms with Gasteiger partial charge < -0.3 is 24.8 Å². The summed E-state index contributed by atoms with van der Waals surface area (Å²) < 4.78 is 1.51. The topological polar surface area (TPSA) is 0 Å². The van der Waals surface area contributed by atoms with Crippen LogP contribution >= 0.6 is 11.3 Å². The molecule has 1 aliphatic rings. The van der Waals surface area contributed by atoms with Crippen molar-refractivity contribution in [3.05, 3.63) is 95.2 Å². The molecule has 0 atom stereocenters. The number of halogens is 2. The quantitative estimate of drug-likeness (QED) is 0.336. The Morgan fingerprint density at radius 1 is 0.931 bits per heavy atom. The zero-order valence-electron chi connectivity index (χ0n) is 16.5. The number of thiophene rings is 1. The van der Waals surface area contributed by atoms with Crippen molar-refractivity contribution in [2.24, 2.45) is 0 Å². The molecule has 5 rings (SSSR count). The molecular weight excluding hydrogens is 494 g/mol. The summed E-state index contributed by atoms with van der Waals surface area (Å²) in [7, 11) is 0. The molecular formula is C25H22Cl2SZr-2. The van der Waals surface area contributed by atoms with Gasteiger partial charge in [0.15, 0.2) is 0 Å². The Hall–Kier alpha value is -1.18. The normalized spacial score (nSPS) is 11.4. The zero-order chi connectivity index (χ0) is 19.1. The van der Waals surface area contributed by atoms with E-state index in [1.165, 1.54) is 35.9 Å². The summed E-state index contributed by atoms with van der Waals surface area (Å²) in [4.78, 5) is 0. The van der Waals surface area contributed by atoms with Gasteiger partial charge in [-0.15, -0.1) is 51.4 Å². The van der Waals surface area contributed by atoms with Gasteiger partial charge in [0.2, 0.25) is 0 Å². The molecule has 0 radical (unpaired) electrons. The van der Waals surface area contributed by atoms with Crippen LogP contribution in [0.1, 0.15) is 25.8 Å². The van der Waals surface area contributed by atoms with Crippen molar-refractivity contribution in [1.82, 2.24) is 0 Å². The minimum Gasteiger partial charge on any atom is -1.00 e. The summed E-state index contributed by atoms with van der Waals surface area (Å²) in [5.41, 5.74) is 2.56. The first-order valence-electron chi connectivity index (χ1n) is 9.00. The van der Waals surface area contributed by atoms with Crippen LogP contribution in [0.15, 0.2) is 83.6 Å². The molecule has 1 heterocycles. The monoisotopic (exact) mass is 514 g/mol. The Balaban J connectivity index is 0.000000237. The van der Waals surface area contributed by atoms with Crippen LogP contribution in [-0.2, 0) is 24.2 Å². The maximum atomic E-state index is 3.27. The number of hydrogen-bond acceptors (Lipinski definition) is 1. The second kappa shape index (κ2) is 13.2. The zero-order valence-corrected chi connectivity index (χ0v) is 21.2. The molecule has 148 valence electrons. The minimum atomic E-state index is 0. The Bertz CT molecular complexity index is 1030. The first kappa shape index (κ1) is 25.9. The van der Waals surface area contributed by atoms with Gasteiger partial charge in [-0.1, -0.05) is 54.3 Å². The summed E-state index contributed by atoms with van der Waals surface area (Å²) in [5.74, 6) is 0. The molecule has 0 spiro atoms. The van der Waals surface area contributed by atoms with Crippen LogP contribution in [0, 0.1) is 6.08 Å². The van der Waals surface area contributed by atoms with E-state index in [1.54, 1.807) is 35.6 Å². The fraction of sp³-hybridized carbons (Fsp3) is 0.120. The maximum Gasteiger partial charge on any atom is -0.0219 e. The fourth-order valence-electron chi connectivity index (χ4n) is 2.92. The first-order valence-corrected chi connectivity index (χ1v) is 11.2. The van der Waals surface area contributed by atoms with Gasteiger partial charge in [-0.25, -0.2) is 0 Å². The second-order valence-corrected chi connectivity index (χ2v) is 9.77. The summed E-state index contributed by atoms with van der Waals surface area (Å²) in [6, 6.07) is 21.4. The molecule has 0 bridgehead atoms. The van der Waals surface area contributed by atoms with Crippen LogP contribution in [0.5, 0.6) is 0 Å². The van der Waals surface area contributed by atoms with Crippen LogP contribution in [0.25, 0.3) is 27.1 Å². The van der Waals surface area contributed by atoms with Gasteiger partial charge in [0.25, 0.3) is 0 Å². The van der Waals surface area contributed by atoms with Crippen molar-refractivity contribution in [3.63, 3.8) is 0 Å². The van der Waals surface area contributed by atoms with Crippen molar-refractivity contribution in [1.29, 1.82) is 0 Å². The van der Waals surface area contributed by atoms with Crippen molar-refractivity contribution in [2.75, 3.05) is 0 Å². The molecule has 0 saturated carbocycles. The average molecular weight is 517 g/mol. The molecule has 0 saturated heterocycles. The molecule has 3 aromatic carbocycles. The fourth-order valence-corrected chi connectivity index (χ4v) is 3.58. The van der Waals surface area contributed by atoms with Gasteiger partial charge in [0.05, 0.1) is 0 Å². The van der Waals surface area contributed by atoms with E-state index < -0.39 is 0 Å². The summed E-state index contributed by atoms with van der Waals surface area (Å²) in [6.07, 6.45) is 8.51. The van der Waals surface area contributed by atoms with Crippen molar-refractivity contribution in [2.45, 2.75) is 20.3 Å². The van der Waals surface area contributed by atoms with E-state index >= 15 is 0 Å². The largest absolute Gasteiger partial charge is 1.00 e. The third kappa shape index (κ3) is 7.54. The number of rotatable bonds is 1. The number of benzene rings is 2. The smallest absolute Gasteiger partial charge is 0.0219 e. The van der Waals surface area contributed by atoms with E-state index in [-0.39, 0.29) is 24.8 Å². The summed E-state index contributed by atoms with van der Waals surface area (Å²) in [5, 5.41) is 9.64.